The highest BCUT2D eigenvalue weighted by atomic mass is 35.5. The van der Waals surface area contributed by atoms with Gasteiger partial charge in [0.2, 0.25) is 0 Å². The third-order valence-electron chi connectivity index (χ3n) is 5.01. The van der Waals surface area contributed by atoms with Crippen LogP contribution in [0.1, 0.15) is 47.1 Å². The van der Waals surface area contributed by atoms with Crippen molar-refractivity contribution in [3.63, 3.8) is 0 Å². The summed E-state index contributed by atoms with van der Waals surface area (Å²) in [5, 5.41) is 24.0. The van der Waals surface area contributed by atoms with Crippen LogP contribution in [0.4, 0.5) is 11.4 Å². The fourth-order valence-electron chi connectivity index (χ4n) is 3.20. The molecule has 0 aromatic carbocycles. The summed E-state index contributed by atoms with van der Waals surface area (Å²) in [6.07, 6.45) is 8.16. The van der Waals surface area contributed by atoms with Crippen molar-refractivity contribution in [3.8, 4) is 0 Å². The minimum absolute atomic E-state index is 0.0119. The lowest BCUT2D eigenvalue weighted by Gasteiger charge is -2.14. The van der Waals surface area contributed by atoms with Gasteiger partial charge in [0.15, 0.2) is 5.69 Å². The molecular formula is C23H23ClN8O2. The number of nitrogens with one attached hydrogen (secondary N) is 3. The van der Waals surface area contributed by atoms with Crippen LogP contribution in [0.5, 0.6) is 0 Å². The zero-order chi connectivity index (χ0) is 23.9. The first kappa shape index (κ1) is 23.4. The second-order valence-corrected chi connectivity index (χ2v) is 8.12. The zero-order valence-electron chi connectivity index (χ0n) is 18.2. The molecule has 3 aromatic rings. The minimum Gasteiger partial charge on any atom is -0.394 e. The van der Waals surface area contributed by atoms with Crippen LogP contribution in [0.2, 0.25) is 5.02 Å². The van der Waals surface area contributed by atoms with Gasteiger partial charge in [-0.1, -0.05) is 11.6 Å². The lowest BCUT2D eigenvalue weighted by molar-refractivity contribution is 0.0972. The number of aliphatic imine (C=N–C) groups is 1. The molecular weight excluding hydrogens is 456 g/mol. The maximum Gasteiger partial charge on any atom is 0.277 e. The van der Waals surface area contributed by atoms with Crippen molar-refractivity contribution >= 4 is 40.4 Å². The molecule has 11 heteroatoms. The third kappa shape index (κ3) is 6.18. The molecule has 0 spiro atoms. The van der Waals surface area contributed by atoms with E-state index in [1.165, 1.54) is 12.5 Å². The molecule has 3 heterocycles. The summed E-state index contributed by atoms with van der Waals surface area (Å²) in [7, 11) is 0. The summed E-state index contributed by atoms with van der Waals surface area (Å²) in [5.74, 6) is 0.108. The van der Waals surface area contributed by atoms with Gasteiger partial charge in [-0.3, -0.25) is 14.8 Å². The molecule has 174 valence electrons. The monoisotopic (exact) mass is 478 g/mol. The van der Waals surface area contributed by atoms with Gasteiger partial charge >= 0.3 is 0 Å². The Morgan fingerprint density at radius 1 is 1.18 bits per heavy atom. The fourth-order valence-corrected chi connectivity index (χ4v) is 3.31. The fraction of sp³-hybridized carbons (Fsp3) is 0.261. The number of carbonyl (C=O) groups excluding carboxylic acids is 1. The molecule has 4 rings (SSSR count). The van der Waals surface area contributed by atoms with Gasteiger partial charge in [0.05, 0.1) is 53.3 Å². The summed E-state index contributed by atoms with van der Waals surface area (Å²) >= 11 is 5.88. The number of aromatic nitrogens is 4. The van der Waals surface area contributed by atoms with Gasteiger partial charge < -0.3 is 21.1 Å². The molecule has 10 nitrogen and oxygen atoms in total. The highest BCUT2D eigenvalue weighted by Crippen LogP contribution is 2.39. The van der Waals surface area contributed by atoms with Gasteiger partial charge in [-0.15, -0.1) is 0 Å². The SMILES string of the molecule is N=C(CC(=NCCO)NC(=O)c1nc(C2CC2)ccc1Nc1cncnc1)c1ccc(Cl)cn1. The molecule has 1 aliphatic carbocycles. The molecule has 34 heavy (non-hydrogen) atoms. The van der Waals surface area contributed by atoms with Crippen LogP contribution in [0.15, 0.2) is 54.2 Å². The summed E-state index contributed by atoms with van der Waals surface area (Å²) in [5.41, 5.74) is 2.71. The first-order valence-electron chi connectivity index (χ1n) is 10.7. The second kappa shape index (κ2) is 10.9. The third-order valence-corrected chi connectivity index (χ3v) is 5.23. The molecule has 1 saturated carbocycles. The average molecular weight is 479 g/mol. The van der Waals surface area contributed by atoms with Gasteiger partial charge in [-0.2, -0.15) is 0 Å². The van der Waals surface area contributed by atoms with Crippen molar-refractivity contribution in [3.05, 3.63) is 71.3 Å². The maximum atomic E-state index is 13.3. The quantitative estimate of drug-likeness (QED) is 0.272. The maximum absolute atomic E-state index is 13.3. The number of pyridine rings is 2. The normalized spacial score (nSPS) is 13.4. The number of aliphatic hydroxyl groups excluding tert-OH is 1. The minimum atomic E-state index is -0.476. The van der Waals surface area contributed by atoms with E-state index in [4.69, 9.17) is 17.0 Å². The van der Waals surface area contributed by atoms with Crippen molar-refractivity contribution in [1.82, 2.24) is 25.3 Å². The molecule has 0 aliphatic heterocycles. The molecule has 1 aliphatic rings. The van der Waals surface area contributed by atoms with Crippen LogP contribution in [0.25, 0.3) is 0 Å². The highest BCUT2D eigenvalue weighted by molar-refractivity contribution is 6.30. The van der Waals surface area contributed by atoms with Crippen LogP contribution in [0.3, 0.4) is 0 Å². The predicted octanol–water partition coefficient (Wildman–Crippen LogP) is 3.12. The number of hydrogen-bond donors (Lipinski definition) is 4. The zero-order valence-corrected chi connectivity index (χ0v) is 19.0. The van der Waals surface area contributed by atoms with E-state index >= 15 is 0 Å². The van der Waals surface area contributed by atoms with E-state index in [1.807, 2.05) is 12.1 Å². The van der Waals surface area contributed by atoms with Crippen molar-refractivity contribution in [1.29, 1.82) is 5.41 Å². The summed E-state index contributed by atoms with van der Waals surface area (Å²) in [4.78, 5) is 34.3. The molecule has 0 saturated heterocycles. The van der Waals surface area contributed by atoms with E-state index < -0.39 is 5.91 Å². The predicted molar refractivity (Wildman–Crippen MR) is 129 cm³/mol. The average Bonchev–Trinajstić information content (AvgIpc) is 3.69. The van der Waals surface area contributed by atoms with Gasteiger partial charge in [-0.25, -0.2) is 15.0 Å². The van der Waals surface area contributed by atoms with Gasteiger partial charge in [0, 0.05) is 24.2 Å². The molecule has 4 N–H and O–H groups in total. The van der Waals surface area contributed by atoms with Gasteiger partial charge in [0.1, 0.15) is 12.2 Å². The lowest BCUT2D eigenvalue weighted by atomic mass is 10.1. The van der Waals surface area contributed by atoms with E-state index in [9.17, 15) is 9.90 Å². The largest absolute Gasteiger partial charge is 0.394 e. The van der Waals surface area contributed by atoms with E-state index in [1.54, 1.807) is 24.5 Å². The lowest BCUT2D eigenvalue weighted by Crippen LogP contribution is -2.34. The van der Waals surface area contributed by atoms with E-state index in [-0.39, 0.29) is 36.8 Å². The highest BCUT2D eigenvalue weighted by Gasteiger charge is 2.27. The summed E-state index contributed by atoms with van der Waals surface area (Å²) < 4.78 is 0. The second-order valence-electron chi connectivity index (χ2n) is 7.68. The number of anilines is 2. The smallest absolute Gasteiger partial charge is 0.277 e. The summed E-state index contributed by atoms with van der Waals surface area (Å²) in [6, 6.07) is 6.98. The molecule has 1 amide bonds. The number of halogens is 1. The Bertz CT molecular complexity index is 1200. The van der Waals surface area contributed by atoms with E-state index in [2.05, 4.69) is 35.6 Å². The Hall–Kier alpha value is -3.76. The molecule has 0 unspecified atom stereocenters. The Kier molecular flexibility index (Phi) is 7.51. The Balaban J connectivity index is 1.56. The number of carbonyl (C=O) groups is 1. The van der Waals surface area contributed by atoms with Gasteiger partial charge in [-0.05, 0) is 37.1 Å². The standard InChI is InChI=1S/C23H23ClN8O2/c24-15-3-4-19(29-10-15)17(25)9-21(28-7-8-33)32-23(34)22-20(30-16-11-26-13-27-12-16)6-5-18(31-22)14-1-2-14/h3-6,10-14,25,30,33H,1-2,7-9H2,(H,28,32,34). The van der Waals surface area contributed by atoms with Gasteiger partial charge in [0.25, 0.3) is 5.91 Å². The molecule has 1 fully saturated rings. The number of rotatable bonds is 9. The van der Waals surface area contributed by atoms with Crippen LogP contribution < -0.4 is 10.6 Å². The van der Waals surface area contributed by atoms with Crippen LogP contribution in [-0.2, 0) is 0 Å². The van der Waals surface area contributed by atoms with Crippen molar-refractivity contribution in [2.24, 2.45) is 4.99 Å². The molecule has 0 radical (unpaired) electrons. The molecule has 0 bridgehead atoms. The molecule has 0 atom stereocenters. The number of amides is 1. The Morgan fingerprint density at radius 2 is 1.97 bits per heavy atom. The van der Waals surface area contributed by atoms with Crippen molar-refractivity contribution < 1.29 is 9.90 Å². The molecule has 3 aromatic heterocycles. The van der Waals surface area contributed by atoms with Crippen LogP contribution in [-0.4, -0.2) is 55.6 Å². The first-order chi connectivity index (χ1) is 16.5. The van der Waals surface area contributed by atoms with Crippen molar-refractivity contribution in [2.45, 2.75) is 25.2 Å². The first-order valence-corrected chi connectivity index (χ1v) is 11.1. The summed E-state index contributed by atoms with van der Waals surface area (Å²) in [6.45, 7) is -0.110. The van der Waals surface area contributed by atoms with E-state index in [0.717, 1.165) is 18.5 Å². The Labute approximate surface area is 201 Å². The number of hydrogen-bond acceptors (Lipinski definition) is 9. The number of nitrogens with zero attached hydrogens (tertiary/aromatic N) is 5. The Morgan fingerprint density at radius 3 is 2.65 bits per heavy atom. The number of amidine groups is 1. The van der Waals surface area contributed by atoms with Crippen LogP contribution >= 0.6 is 11.6 Å². The van der Waals surface area contributed by atoms with E-state index in [0.29, 0.717) is 28.0 Å². The number of aliphatic hydroxyl groups is 1. The van der Waals surface area contributed by atoms with Crippen molar-refractivity contribution in [2.75, 3.05) is 18.5 Å². The van der Waals surface area contributed by atoms with Crippen LogP contribution in [0, 0.1) is 5.41 Å². The topological polar surface area (TPSA) is 149 Å².